The maximum Gasteiger partial charge on any atom is 0.253 e. The van der Waals surface area contributed by atoms with Gasteiger partial charge in [0.25, 0.3) is 5.91 Å². The Bertz CT molecular complexity index is 590. The Balaban J connectivity index is 2.12. The first-order valence-electron chi connectivity index (χ1n) is 6.20. The minimum Gasteiger partial charge on any atom is -0.387 e. The van der Waals surface area contributed by atoms with E-state index in [2.05, 4.69) is 28.3 Å². The van der Waals surface area contributed by atoms with Gasteiger partial charge in [0.15, 0.2) is 0 Å². The van der Waals surface area contributed by atoms with Crippen molar-refractivity contribution >= 4 is 22.9 Å². The third kappa shape index (κ3) is 3.15. The monoisotopic (exact) mass is 274 g/mol. The van der Waals surface area contributed by atoms with Gasteiger partial charge in [-0.05, 0) is 47.9 Å². The van der Waals surface area contributed by atoms with Crippen LogP contribution in [-0.2, 0) is 6.54 Å². The summed E-state index contributed by atoms with van der Waals surface area (Å²) >= 11 is 1.66. The van der Waals surface area contributed by atoms with Gasteiger partial charge in [0.05, 0.1) is 5.56 Å². The van der Waals surface area contributed by atoms with E-state index in [4.69, 9.17) is 0 Å². The number of hydrogen-bond donors (Lipinski definition) is 2. The van der Waals surface area contributed by atoms with Gasteiger partial charge in [-0.15, -0.1) is 0 Å². The van der Waals surface area contributed by atoms with Crippen LogP contribution in [0.5, 0.6) is 0 Å². The molecule has 0 aliphatic rings. The van der Waals surface area contributed by atoms with Crippen molar-refractivity contribution in [3.63, 3.8) is 0 Å². The molecule has 0 radical (unpaired) electrons. The van der Waals surface area contributed by atoms with Gasteiger partial charge in [-0.25, -0.2) is 0 Å². The SMILES string of the molecule is CNc1ccc(C)cc1C(=O)NCc1cscc1C. The summed E-state index contributed by atoms with van der Waals surface area (Å²) in [4.78, 5) is 12.2. The lowest BCUT2D eigenvalue weighted by Gasteiger charge is -2.10. The van der Waals surface area contributed by atoms with E-state index < -0.39 is 0 Å². The zero-order chi connectivity index (χ0) is 13.8. The Hall–Kier alpha value is -1.81. The Kier molecular flexibility index (Phi) is 4.22. The van der Waals surface area contributed by atoms with Gasteiger partial charge >= 0.3 is 0 Å². The predicted molar refractivity (Wildman–Crippen MR) is 81.0 cm³/mol. The van der Waals surface area contributed by atoms with Crippen LogP contribution < -0.4 is 10.6 Å². The first-order chi connectivity index (χ1) is 9.11. The van der Waals surface area contributed by atoms with Crippen LogP contribution in [0.25, 0.3) is 0 Å². The van der Waals surface area contributed by atoms with Crippen molar-refractivity contribution in [2.24, 2.45) is 0 Å². The first kappa shape index (κ1) is 13.6. The quantitative estimate of drug-likeness (QED) is 0.898. The molecule has 0 aliphatic carbocycles. The second-order valence-electron chi connectivity index (χ2n) is 4.56. The smallest absolute Gasteiger partial charge is 0.253 e. The van der Waals surface area contributed by atoms with Crippen molar-refractivity contribution in [1.29, 1.82) is 0 Å². The van der Waals surface area contributed by atoms with Crippen LogP contribution >= 0.6 is 11.3 Å². The van der Waals surface area contributed by atoms with Crippen LogP contribution in [0.1, 0.15) is 27.0 Å². The van der Waals surface area contributed by atoms with Crippen molar-refractivity contribution in [3.05, 3.63) is 51.2 Å². The average molecular weight is 274 g/mol. The van der Waals surface area contributed by atoms with Crippen LogP contribution in [-0.4, -0.2) is 13.0 Å². The van der Waals surface area contributed by atoms with Gasteiger partial charge in [0, 0.05) is 19.3 Å². The number of carbonyl (C=O) groups is 1. The molecule has 0 saturated carbocycles. The molecule has 1 aromatic heterocycles. The molecule has 19 heavy (non-hydrogen) atoms. The highest BCUT2D eigenvalue weighted by molar-refractivity contribution is 7.08. The number of aryl methyl sites for hydroxylation is 2. The van der Waals surface area contributed by atoms with Crippen molar-refractivity contribution in [3.8, 4) is 0 Å². The molecule has 0 saturated heterocycles. The Morgan fingerprint density at radius 3 is 2.68 bits per heavy atom. The summed E-state index contributed by atoms with van der Waals surface area (Å²) < 4.78 is 0. The molecule has 2 aromatic rings. The fourth-order valence-electron chi connectivity index (χ4n) is 1.90. The minimum atomic E-state index is -0.0429. The molecule has 1 aromatic carbocycles. The zero-order valence-corrected chi connectivity index (χ0v) is 12.2. The number of amides is 1. The standard InChI is InChI=1S/C15H18N2OS/c1-10-4-5-14(16-3)13(6-10)15(18)17-7-12-9-19-8-11(12)2/h4-6,8-9,16H,7H2,1-3H3,(H,17,18). The van der Waals surface area contributed by atoms with Crippen molar-refractivity contribution in [2.45, 2.75) is 20.4 Å². The molecule has 0 bridgehead atoms. The molecule has 4 heteroatoms. The normalized spacial score (nSPS) is 10.3. The molecular weight excluding hydrogens is 256 g/mol. The summed E-state index contributed by atoms with van der Waals surface area (Å²) in [7, 11) is 1.82. The molecule has 2 rings (SSSR count). The lowest BCUT2D eigenvalue weighted by molar-refractivity contribution is 0.0951. The molecule has 3 nitrogen and oxygen atoms in total. The Morgan fingerprint density at radius 1 is 1.26 bits per heavy atom. The largest absolute Gasteiger partial charge is 0.387 e. The molecule has 1 heterocycles. The maximum atomic E-state index is 12.2. The molecule has 0 unspecified atom stereocenters. The summed E-state index contributed by atoms with van der Waals surface area (Å²) in [6, 6.07) is 5.83. The third-order valence-electron chi connectivity index (χ3n) is 3.09. The van der Waals surface area contributed by atoms with Crippen molar-refractivity contribution in [1.82, 2.24) is 5.32 Å². The van der Waals surface area contributed by atoms with Crippen LogP contribution in [0.3, 0.4) is 0 Å². The zero-order valence-electron chi connectivity index (χ0n) is 11.4. The van der Waals surface area contributed by atoms with Gasteiger partial charge in [0.1, 0.15) is 0 Å². The van der Waals surface area contributed by atoms with Crippen LogP contribution in [0, 0.1) is 13.8 Å². The summed E-state index contributed by atoms with van der Waals surface area (Å²) in [6.45, 7) is 4.62. The molecule has 100 valence electrons. The summed E-state index contributed by atoms with van der Waals surface area (Å²) in [5, 5.41) is 10.2. The lowest BCUT2D eigenvalue weighted by atomic mass is 10.1. The Morgan fingerprint density at radius 2 is 2.05 bits per heavy atom. The predicted octanol–water partition coefficient (Wildman–Crippen LogP) is 3.34. The second kappa shape index (κ2) is 5.89. The Labute approximate surface area is 117 Å². The van der Waals surface area contributed by atoms with Gasteiger partial charge in [0.2, 0.25) is 0 Å². The highest BCUT2D eigenvalue weighted by atomic mass is 32.1. The highest BCUT2D eigenvalue weighted by Crippen LogP contribution is 2.18. The van der Waals surface area contributed by atoms with Crippen LogP contribution in [0.15, 0.2) is 29.0 Å². The van der Waals surface area contributed by atoms with E-state index in [0.29, 0.717) is 12.1 Å². The van der Waals surface area contributed by atoms with Crippen molar-refractivity contribution in [2.75, 3.05) is 12.4 Å². The minimum absolute atomic E-state index is 0.0429. The molecular formula is C15H18N2OS. The summed E-state index contributed by atoms with van der Waals surface area (Å²) in [6.07, 6.45) is 0. The first-order valence-corrected chi connectivity index (χ1v) is 7.14. The molecule has 0 spiro atoms. The van der Waals surface area contributed by atoms with Gasteiger partial charge in [-0.2, -0.15) is 11.3 Å². The van der Waals surface area contributed by atoms with E-state index in [9.17, 15) is 4.79 Å². The molecule has 1 amide bonds. The van der Waals surface area contributed by atoms with E-state index in [1.54, 1.807) is 11.3 Å². The van der Waals surface area contributed by atoms with E-state index >= 15 is 0 Å². The molecule has 2 N–H and O–H groups in total. The highest BCUT2D eigenvalue weighted by Gasteiger charge is 2.11. The number of anilines is 1. The fraction of sp³-hybridized carbons (Fsp3) is 0.267. The third-order valence-corrected chi connectivity index (χ3v) is 4.00. The molecule has 0 aliphatic heterocycles. The van der Waals surface area contributed by atoms with Gasteiger partial charge in [-0.1, -0.05) is 11.6 Å². The number of carbonyl (C=O) groups excluding carboxylic acids is 1. The van der Waals surface area contributed by atoms with Gasteiger partial charge in [-0.3, -0.25) is 4.79 Å². The topological polar surface area (TPSA) is 41.1 Å². The number of rotatable bonds is 4. The van der Waals surface area contributed by atoms with Crippen LogP contribution in [0.4, 0.5) is 5.69 Å². The lowest BCUT2D eigenvalue weighted by Crippen LogP contribution is -2.23. The average Bonchev–Trinajstić information content (AvgIpc) is 2.81. The molecule has 0 atom stereocenters. The second-order valence-corrected chi connectivity index (χ2v) is 5.31. The van der Waals surface area contributed by atoms with Crippen LogP contribution in [0.2, 0.25) is 0 Å². The van der Waals surface area contributed by atoms with E-state index in [0.717, 1.165) is 11.3 Å². The summed E-state index contributed by atoms with van der Waals surface area (Å²) in [5.74, 6) is -0.0429. The number of benzene rings is 1. The van der Waals surface area contributed by atoms with Crippen molar-refractivity contribution < 1.29 is 4.79 Å². The van der Waals surface area contributed by atoms with E-state index in [1.807, 2.05) is 32.2 Å². The number of thiophene rings is 1. The number of nitrogens with one attached hydrogen (secondary N) is 2. The molecule has 0 fully saturated rings. The van der Waals surface area contributed by atoms with E-state index in [1.165, 1.54) is 11.1 Å². The van der Waals surface area contributed by atoms with Gasteiger partial charge < -0.3 is 10.6 Å². The van der Waals surface area contributed by atoms with E-state index in [-0.39, 0.29) is 5.91 Å². The fourth-order valence-corrected chi connectivity index (χ4v) is 2.76. The maximum absolute atomic E-state index is 12.2. The summed E-state index contributed by atoms with van der Waals surface area (Å²) in [5.41, 5.74) is 5.02. The number of hydrogen-bond acceptors (Lipinski definition) is 3.